The summed E-state index contributed by atoms with van der Waals surface area (Å²) in [6.45, 7) is 2.63. The number of likely N-dealkylation sites (tertiary alicyclic amines) is 1. The van der Waals surface area contributed by atoms with Gasteiger partial charge in [0, 0.05) is 43.4 Å². The maximum atomic E-state index is 14.5. The van der Waals surface area contributed by atoms with Crippen LogP contribution in [0.2, 0.25) is 0 Å². The van der Waals surface area contributed by atoms with Crippen molar-refractivity contribution >= 4 is 0 Å². The van der Waals surface area contributed by atoms with Crippen molar-refractivity contribution in [3.8, 4) is 22.7 Å². The minimum atomic E-state index is -0.298. The number of rotatable bonds is 6. The van der Waals surface area contributed by atoms with Crippen molar-refractivity contribution in [2.75, 3.05) is 20.2 Å². The number of benzene rings is 2. The highest BCUT2D eigenvalue weighted by Gasteiger charge is 2.26. The van der Waals surface area contributed by atoms with Crippen molar-refractivity contribution < 1.29 is 9.13 Å². The number of halogens is 1. The normalized spacial score (nSPS) is 16.8. The van der Waals surface area contributed by atoms with E-state index >= 15 is 0 Å². The number of methoxy groups -OCH3 is 1. The smallest absolute Gasteiger partial charge is 0.148 e. The van der Waals surface area contributed by atoms with Gasteiger partial charge < -0.3 is 9.30 Å². The summed E-state index contributed by atoms with van der Waals surface area (Å²) in [7, 11) is 3.64. The minimum absolute atomic E-state index is 0.298. The zero-order valence-corrected chi connectivity index (χ0v) is 18.9. The first-order chi connectivity index (χ1) is 16.1. The van der Waals surface area contributed by atoms with Crippen LogP contribution in [0.5, 0.6) is 5.75 Å². The Morgan fingerprint density at radius 2 is 1.94 bits per heavy atom. The molecule has 1 saturated heterocycles. The third-order valence-corrected chi connectivity index (χ3v) is 6.26. The van der Waals surface area contributed by atoms with E-state index in [0.717, 1.165) is 60.9 Å². The Hall–Kier alpha value is -3.52. The second-order valence-corrected chi connectivity index (χ2v) is 8.50. The van der Waals surface area contributed by atoms with Gasteiger partial charge in [0.15, 0.2) is 0 Å². The average molecular weight is 447 g/mol. The van der Waals surface area contributed by atoms with Crippen LogP contribution in [0.1, 0.15) is 30.1 Å². The first-order valence-corrected chi connectivity index (χ1v) is 11.2. The van der Waals surface area contributed by atoms with Crippen molar-refractivity contribution in [3.05, 3.63) is 78.3 Å². The largest absolute Gasteiger partial charge is 0.497 e. The van der Waals surface area contributed by atoms with Crippen LogP contribution in [0.25, 0.3) is 16.9 Å². The molecular weight excluding hydrogens is 419 g/mol. The maximum Gasteiger partial charge on any atom is 0.148 e. The Morgan fingerprint density at radius 1 is 1.12 bits per heavy atom. The predicted octanol–water partition coefficient (Wildman–Crippen LogP) is 4.20. The zero-order chi connectivity index (χ0) is 22.8. The molecule has 2 aromatic carbocycles. The van der Waals surface area contributed by atoms with Crippen LogP contribution in [0.3, 0.4) is 0 Å². The highest BCUT2D eigenvalue weighted by molar-refractivity contribution is 5.64. The molecule has 2 aromatic heterocycles. The first kappa shape index (κ1) is 21.3. The van der Waals surface area contributed by atoms with E-state index in [2.05, 4.69) is 15.1 Å². The average Bonchev–Trinajstić information content (AvgIpc) is 3.46. The SMILES string of the molecule is COc1ccc(-c2nn(-c3ccccc3F)cc2CN2CCC[C@H](c3nncn3C)C2)cc1. The predicted molar refractivity (Wildman–Crippen MR) is 124 cm³/mol. The number of hydrogen-bond acceptors (Lipinski definition) is 5. The molecule has 0 unspecified atom stereocenters. The van der Waals surface area contributed by atoms with Crippen LogP contribution in [0.4, 0.5) is 4.39 Å². The summed E-state index contributed by atoms with van der Waals surface area (Å²) in [6.07, 6.45) is 5.90. The van der Waals surface area contributed by atoms with E-state index in [1.54, 1.807) is 30.3 Å². The molecule has 0 aliphatic carbocycles. The van der Waals surface area contributed by atoms with Gasteiger partial charge in [0.25, 0.3) is 0 Å². The van der Waals surface area contributed by atoms with Crippen LogP contribution >= 0.6 is 0 Å². The van der Waals surface area contributed by atoms with Gasteiger partial charge in [-0.2, -0.15) is 5.10 Å². The van der Waals surface area contributed by atoms with E-state index in [-0.39, 0.29) is 5.82 Å². The van der Waals surface area contributed by atoms with Crippen LogP contribution in [0.15, 0.2) is 61.1 Å². The molecule has 1 aliphatic heterocycles. The molecule has 33 heavy (non-hydrogen) atoms. The minimum Gasteiger partial charge on any atom is -0.497 e. The molecule has 0 spiro atoms. The van der Waals surface area contributed by atoms with Gasteiger partial charge in [-0.25, -0.2) is 9.07 Å². The lowest BCUT2D eigenvalue weighted by Gasteiger charge is -2.32. The van der Waals surface area contributed by atoms with Gasteiger partial charge in [-0.05, 0) is 55.8 Å². The molecule has 3 heterocycles. The van der Waals surface area contributed by atoms with E-state index in [0.29, 0.717) is 11.6 Å². The third kappa shape index (κ3) is 4.39. The van der Waals surface area contributed by atoms with Crippen LogP contribution in [0, 0.1) is 5.82 Å². The Morgan fingerprint density at radius 3 is 2.67 bits per heavy atom. The summed E-state index contributed by atoms with van der Waals surface area (Å²) in [5.41, 5.74) is 3.32. The molecule has 0 amide bonds. The summed E-state index contributed by atoms with van der Waals surface area (Å²) >= 11 is 0. The van der Waals surface area contributed by atoms with Gasteiger partial charge in [0.05, 0.1) is 12.8 Å². The third-order valence-electron chi connectivity index (χ3n) is 6.26. The lowest BCUT2D eigenvalue weighted by molar-refractivity contribution is 0.195. The summed E-state index contributed by atoms with van der Waals surface area (Å²) in [4.78, 5) is 2.43. The molecule has 170 valence electrons. The summed E-state index contributed by atoms with van der Waals surface area (Å²) in [5.74, 6) is 1.86. The van der Waals surface area contributed by atoms with Gasteiger partial charge in [0.1, 0.15) is 29.4 Å². The lowest BCUT2D eigenvalue weighted by atomic mass is 9.96. The molecule has 0 radical (unpaired) electrons. The molecule has 1 fully saturated rings. The number of para-hydroxylation sites is 1. The van der Waals surface area contributed by atoms with E-state index in [4.69, 9.17) is 9.84 Å². The van der Waals surface area contributed by atoms with Crippen molar-refractivity contribution in [1.29, 1.82) is 0 Å². The molecule has 1 aliphatic rings. The van der Waals surface area contributed by atoms with Crippen molar-refractivity contribution in [2.45, 2.75) is 25.3 Å². The van der Waals surface area contributed by atoms with Crippen LogP contribution in [-0.4, -0.2) is 49.6 Å². The Bertz CT molecular complexity index is 1230. The molecule has 8 heteroatoms. The molecule has 0 saturated carbocycles. The number of ether oxygens (including phenoxy) is 1. The first-order valence-electron chi connectivity index (χ1n) is 11.2. The van der Waals surface area contributed by atoms with Crippen molar-refractivity contribution in [1.82, 2.24) is 29.4 Å². The number of hydrogen-bond donors (Lipinski definition) is 0. The van der Waals surface area contributed by atoms with E-state index < -0.39 is 0 Å². The number of aromatic nitrogens is 5. The lowest BCUT2D eigenvalue weighted by Crippen LogP contribution is -2.34. The molecule has 1 atom stereocenters. The Labute approximate surface area is 192 Å². The summed E-state index contributed by atoms with van der Waals surface area (Å²) in [6, 6.07) is 14.5. The van der Waals surface area contributed by atoms with Crippen LogP contribution < -0.4 is 4.74 Å². The fourth-order valence-electron chi connectivity index (χ4n) is 4.59. The van der Waals surface area contributed by atoms with Crippen molar-refractivity contribution in [2.24, 2.45) is 7.05 Å². The monoisotopic (exact) mass is 446 g/mol. The topological polar surface area (TPSA) is 61.0 Å². The molecule has 4 aromatic rings. The Kier molecular flexibility index (Phi) is 5.92. The fraction of sp³-hybridized carbons (Fsp3) is 0.320. The quantitative estimate of drug-likeness (QED) is 0.444. The number of nitrogens with zero attached hydrogens (tertiary/aromatic N) is 6. The highest BCUT2D eigenvalue weighted by atomic mass is 19.1. The zero-order valence-electron chi connectivity index (χ0n) is 18.9. The number of aryl methyl sites for hydroxylation is 1. The van der Waals surface area contributed by atoms with E-state index in [1.807, 2.05) is 48.1 Å². The number of piperidine rings is 1. The second-order valence-electron chi connectivity index (χ2n) is 8.50. The van der Waals surface area contributed by atoms with Gasteiger partial charge in [-0.3, -0.25) is 4.90 Å². The van der Waals surface area contributed by atoms with Crippen molar-refractivity contribution in [3.63, 3.8) is 0 Å². The van der Waals surface area contributed by atoms with Crippen LogP contribution in [-0.2, 0) is 13.6 Å². The second kappa shape index (κ2) is 9.15. The standard InChI is InChI=1S/C25H27FN6O/c1-30-17-27-28-25(30)19-6-5-13-31(14-19)15-20-16-32(23-8-4-3-7-22(23)26)29-24(20)18-9-11-21(33-2)12-10-18/h3-4,7-12,16-17,19H,5-6,13-15H2,1-2H3/t19-/m0/s1. The Balaban J connectivity index is 1.47. The highest BCUT2D eigenvalue weighted by Crippen LogP contribution is 2.30. The molecular formula is C25H27FN6O. The van der Waals surface area contributed by atoms with E-state index in [1.165, 1.54) is 6.07 Å². The summed E-state index contributed by atoms with van der Waals surface area (Å²) in [5, 5.41) is 13.2. The van der Waals surface area contributed by atoms with Gasteiger partial charge >= 0.3 is 0 Å². The molecule has 0 N–H and O–H groups in total. The van der Waals surface area contributed by atoms with E-state index in [9.17, 15) is 4.39 Å². The maximum absolute atomic E-state index is 14.5. The molecule has 0 bridgehead atoms. The van der Waals surface area contributed by atoms with Gasteiger partial charge in [-0.15, -0.1) is 10.2 Å². The molecule has 7 nitrogen and oxygen atoms in total. The van der Waals surface area contributed by atoms with Gasteiger partial charge in [0.2, 0.25) is 0 Å². The van der Waals surface area contributed by atoms with Gasteiger partial charge in [-0.1, -0.05) is 12.1 Å². The molecule has 5 rings (SSSR count). The summed E-state index contributed by atoms with van der Waals surface area (Å²) < 4.78 is 23.5. The fourth-order valence-corrected chi connectivity index (χ4v) is 4.59.